The Morgan fingerprint density at radius 3 is 2.38 bits per heavy atom. The number of carbonyl (C=O) groups excluding carboxylic acids is 1. The van der Waals surface area contributed by atoms with Crippen LogP contribution in [0.3, 0.4) is 0 Å². The molecule has 5 aromatic rings. The lowest BCUT2D eigenvalue weighted by Crippen LogP contribution is -2.31. The van der Waals surface area contributed by atoms with Crippen LogP contribution in [0.1, 0.15) is 72.9 Å². The number of amides is 1. The molecule has 0 radical (unpaired) electrons. The molecule has 1 amide bonds. The van der Waals surface area contributed by atoms with Crippen molar-refractivity contribution in [3.8, 4) is 16.9 Å². The Labute approximate surface area is 290 Å². The first-order chi connectivity index (χ1) is 22.8. The minimum absolute atomic E-state index is 0.0800. The van der Waals surface area contributed by atoms with E-state index in [0.29, 0.717) is 49.8 Å². The number of hydrogen-bond acceptors (Lipinski definition) is 4. The highest BCUT2D eigenvalue weighted by atomic mass is 35.5. The average molecular weight is 688 g/mol. The monoisotopic (exact) mass is 686 g/mol. The first-order valence-electron chi connectivity index (χ1n) is 16.2. The van der Waals surface area contributed by atoms with Crippen molar-refractivity contribution in [1.29, 1.82) is 0 Å². The van der Waals surface area contributed by atoms with Gasteiger partial charge in [0, 0.05) is 53.9 Å². The Morgan fingerprint density at radius 1 is 0.979 bits per heavy atom. The van der Waals surface area contributed by atoms with Gasteiger partial charge in [-0.1, -0.05) is 35.3 Å². The fourth-order valence-electron chi connectivity index (χ4n) is 7.14. The molecule has 1 aliphatic heterocycles. The average Bonchev–Trinajstić information content (AvgIpc) is 3.41. The smallest absolute Gasteiger partial charge is 0.335 e. The predicted molar refractivity (Wildman–Crippen MR) is 191 cm³/mol. The van der Waals surface area contributed by atoms with Gasteiger partial charge in [-0.25, -0.2) is 4.79 Å². The number of aromatic nitrogens is 3. The summed E-state index contributed by atoms with van der Waals surface area (Å²) in [5, 5.41) is 16.7. The van der Waals surface area contributed by atoms with Crippen LogP contribution < -0.4 is 4.74 Å². The van der Waals surface area contributed by atoms with E-state index in [1.54, 1.807) is 12.1 Å². The van der Waals surface area contributed by atoms with Gasteiger partial charge in [0.2, 0.25) is 0 Å². The van der Waals surface area contributed by atoms with Gasteiger partial charge >= 0.3 is 5.97 Å². The van der Waals surface area contributed by atoms with Crippen LogP contribution in [-0.2, 0) is 26.6 Å². The quantitative estimate of drug-likeness (QED) is 0.157. The number of rotatable bonds is 9. The van der Waals surface area contributed by atoms with E-state index in [0.717, 1.165) is 78.4 Å². The van der Waals surface area contributed by atoms with Crippen LogP contribution in [0, 0.1) is 34.6 Å². The van der Waals surface area contributed by atoms with Crippen LogP contribution in [0.4, 0.5) is 0 Å². The van der Waals surface area contributed by atoms with Gasteiger partial charge in [0.05, 0.1) is 28.4 Å². The van der Waals surface area contributed by atoms with Crippen molar-refractivity contribution in [3.63, 3.8) is 0 Å². The van der Waals surface area contributed by atoms with E-state index in [1.807, 2.05) is 81.6 Å². The van der Waals surface area contributed by atoms with Crippen molar-refractivity contribution in [2.24, 2.45) is 7.05 Å². The summed E-state index contributed by atoms with van der Waals surface area (Å²) in [6.07, 6.45) is 2.03. The summed E-state index contributed by atoms with van der Waals surface area (Å²) in [7, 11) is 1.93. The van der Waals surface area contributed by atoms with Gasteiger partial charge in [0.25, 0.3) is 5.91 Å². The first-order valence-corrected chi connectivity index (χ1v) is 17.0. The maximum atomic E-state index is 14.7. The van der Waals surface area contributed by atoms with Crippen molar-refractivity contribution in [2.75, 3.05) is 13.2 Å². The van der Waals surface area contributed by atoms with Crippen molar-refractivity contribution in [3.05, 3.63) is 103 Å². The molecule has 3 heterocycles. The summed E-state index contributed by atoms with van der Waals surface area (Å²) in [5.74, 6) is -0.294. The molecule has 0 aliphatic carbocycles. The third-order valence-corrected chi connectivity index (χ3v) is 10.3. The molecule has 0 saturated carbocycles. The van der Waals surface area contributed by atoms with Crippen molar-refractivity contribution in [1.82, 2.24) is 19.2 Å². The van der Waals surface area contributed by atoms with Gasteiger partial charge in [0.15, 0.2) is 0 Å². The number of fused-ring (bicyclic) bond motifs is 3. The number of carboxylic acids is 1. The lowest BCUT2D eigenvalue weighted by Gasteiger charge is -2.21. The normalized spacial score (nSPS) is 13.2. The maximum Gasteiger partial charge on any atom is 0.335 e. The van der Waals surface area contributed by atoms with Crippen LogP contribution in [0.5, 0.6) is 5.75 Å². The molecule has 3 aromatic carbocycles. The number of nitrogens with zero attached hydrogens (tertiary/aromatic N) is 4. The summed E-state index contributed by atoms with van der Waals surface area (Å²) in [6.45, 7) is 11.8. The molecule has 1 aliphatic rings. The fourth-order valence-corrected chi connectivity index (χ4v) is 7.49. The Kier molecular flexibility index (Phi) is 9.33. The summed E-state index contributed by atoms with van der Waals surface area (Å²) in [5.41, 5.74) is 10.1. The van der Waals surface area contributed by atoms with Crippen molar-refractivity contribution in [2.45, 2.75) is 67.0 Å². The number of carbonyl (C=O) groups is 2. The molecule has 0 unspecified atom stereocenters. The summed E-state index contributed by atoms with van der Waals surface area (Å²) < 4.78 is 10.2. The van der Waals surface area contributed by atoms with Crippen molar-refractivity contribution >= 4 is 46.0 Å². The fraction of sp³-hybridized carbons (Fsp3) is 0.342. The Bertz CT molecular complexity index is 2070. The van der Waals surface area contributed by atoms with Crippen molar-refractivity contribution < 1.29 is 19.4 Å². The van der Waals surface area contributed by atoms with Crippen LogP contribution >= 0.6 is 23.2 Å². The molecular formula is C38H40Cl2N4O4. The van der Waals surface area contributed by atoms with E-state index in [1.165, 1.54) is 0 Å². The van der Waals surface area contributed by atoms with Gasteiger partial charge in [-0.2, -0.15) is 5.10 Å². The summed E-state index contributed by atoms with van der Waals surface area (Å²) in [4.78, 5) is 28.3. The minimum atomic E-state index is -0.985. The molecule has 0 fully saturated rings. The lowest BCUT2D eigenvalue weighted by atomic mass is 9.98. The number of aryl methyl sites for hydroxylation is 7. The van der Waals surface area contributed by atoms with E-state index >= 15 is 0 Å². The van der Waals surface area contributed by atoms with Crippen LogP contribution in [0.15, 0.2) is 42.5 Å². The van der Waals surface area contributed by atoms with Crippen LogP contribution in [-0.4, -0.2) is 49.4 Å². The van der Waals surface area contributed by atoms with Gasteiger partial charge in [0.1, 0.15) is 11.4 Å². The third-order valence-electron chi connectivity index (χ3n) is 9.34. The van der Waals surface area contributed by atoms with E-state index in [9.17, 15) is 14.7 Å². The maximum absolute atomic E-state index is 14.7. The van der Waals surface area contributed by atoms with E-state index in [-0.39, 0.29) is 11.5 Å². The number of aromatic carboxylic acids is 1. The second kappa shape index (κ2) is 13.3. The van der Waals surface area contributed by atoms with Gasteiger partial charge < -0.3 is 19.3 Å². The standard InChI is InChI=1S/C38H40Cl2N4O4/c1-21-15-26(19-27(16-21)38(46)47)20-43-12-8-13-44-35-30(10-11-31(39)33(35)32-24(4)41-42(6)25(32)5)29(36(44)37(43)45)9-7-14-48-28-17-22(2)34(40)23(3)18-28/h10-11,15-19H,7-9,12-14,20H2,1-6H3,(H,46,47). The Morgan fingerprint density at radius 2 is 1.71 bits per heavy atom. The summed E-state index contributed by atoms with van der Waals surface area (Å²) >= 11 is 13.4. The summed E-state index contributed by atoms with van der Waals surface area (Å²) in [6, 6.07) is 13.1. The number of benzene rings is 3. The largest absolute Gasteiger partial charge is 0.494 e. The number of ether oxygens (including phenoxy) is 1. The third kappa shape index (κ3) is 6.19. The van der Waals surface area contributed by atoms with Crippen LogP contribution in [0.25, 0.3) is 22.0 Å². The molecule has 0 saturated heterocycles. The van der Waals surface area contributed by atoms with Crippen LogP contribution in [0.2, 0.25) is 10.0 Å². The van der Waals surface area contributed by atoms with E-state index in [2.05, 4.69) is 9.67 Å². The molecule has 48 heavy (non-hydrogen) atoms. The Balaban J connectivity index is 1.43. The highest BCUT2D eigenvalue weighted by molar-refractivity contribution is 6.35. The number of hydrogen-bond donors (Lipinski definition) is 1. The molecule has 0 spiro atoms. The second-order valence-electron chi connectivity index (χ2n) is 12.9. The Hall–Kier alpha value is -4.27. The SMILES string of the molecule is Cc1cc(CN2CCCn3c(c(CCCOc4cc(C)c(Cl)c(C)c4)c4ccc(Cl)c(-c5c(C)nn(C)c5C)c43)C2=O)cc(C(=O)O)c1. The number of halogens is 2. The zero-order chi connectivity index (χ0) is 34.4. The first kappa shape index (κ1) is 33.6. The molecule has 0 bridgehead atoms. The lowest BCUT2D eigenvalue weighted by molar-refractivity contribution is 0.0696. The van der Waals surface area contributed by atoms with Gasteiger partial charge in [-0.3, -0.25) is 9.48 Å². The molecule has 10 heteroatoms. The highest BCUT2D eigenvalue weighted by Gasteiger charge is 2.32. The van der Waals surface area contributed by atoms with Gasteiger partial charge in [-0.05, 0) is 112 Å². The second-order valence-corrected chi connectivity index (χ2v) is 13.7. The van der Waals surface area contributed by atoms with E-state index in [4.69, 9.17) is 27.9 Å². The zero-order valence-corrected chi connectivity index (χ0v) is 29.7. The molecule has 8 nitrogen and oxygen atoms in total. The molecule has 6 rings (SSSR count). The molecule has 0 atom stereocenters. The molecule has 250 valence electrons. The van der Waals surface area contributed by atoms with Gasteiger partial charge in [-0.15, -0.1) is 0 Å². The van der Waals surface area contributed by atoms with E-state index < -0.39 is 5.97 Å². The topological polar surface area (TPSA) is 89.6 Å². The molecular weight excluding hydrogens is 647 g/mol. The predicted octanol–water partition coefficient (Wildman–Crippen LogP) is 8.65. The highest BCUT2D eigenvalue weighted by Crippen LogP contribution is 2.43. The molecule has 2 aromatic heterocycles. The minimum Gasteiger partial charge on any atom is -0.494 e. The molecule has 1 N–H and O–H groups in total. The number of carboxylic acid groups (broad SMARTS) is 1. The zero-order valence-electron chi connectivity index (χ0n) is 28.2.